The summed E-state index contributed by atoms with van der Waals surface area (Å²) in [6, 6.07) is 17.6. The van der Waals surface area contributed by atoms with Crippen molar-refractivity contribution < 1.29 is 37.2 Å². The summed E-state index contributed by atoms with van der Waals surface area (Å²) >= 11 is 0. The van der Waals surface area contributed by atoms with Crippen molar-refractivity contribution in [1.82, 2.24) is 4.90 Å². The highest BCUT2D eigenvalue weighted by molar-refractivity contribution is 6.01. The molecule has 0 spiro atoms. The lowest BCUT2D eigenvalue weighted by atomic mass is 9.93. The number of carbonyl (C=O) groups is 3. The van der Waals surface area contributed by atoms with Crippen molar-refractivity contribution in [3.05, 3.63) is 130 Å². The first-order chi connectivity index (χ1) is 18.6. The molecule has 198 valence electrons. The number of nitro benzene ring substituents is 1. The molecule has 0 unspecified atom stereocenters. The highest BCUT2D eigenvalue weighted by Crippen LogP contribution is 2.37. The van der Waals surface area contributed by atoms with Crippen LogP contribution in [0.25, 0.3) is 6.08 Å². The molecule has 39 heavy (non-hydrogen) atoms. The number of benzene rings is 3. The third kappa shape index (κ3) is 6.09. The molecular weight excluding hydrogens is 517 g/mol. The smallest absolute Gasteiger partial charge is 0.423 e. The number of ether oxygens (including phenoxy) is 1. The van der Waals surface area contributed by atoms with Crippen molar-refractivity contribution in [1.29, 1.82) is 0 Å². The van der Waals surface area contributed by atoms with Crippen LogP contribution in [0.4, 0.5) is 18.9 Å². The van der Waals surface area contributed by atoms with Crippen molar-refractivity contribution in [2.24, 2.45) is 0 Å². The predicted molar refractivity (Wildman–Crippen MR) is 133 cm³/mol. The number of amides is 1. The number of hydrogen-bond donors (Lipinski definition) is 0. The Hall–Kier alpha value is -5.06. The van der Waals surface area contributed by atoms with E-state index in [4.69, 9.17) is 4.74 Å². The topological polar surface area (TPSA) is 107 Å². The lowest BCUT2D eigenvalue weighted by molar-refractivity contribution is -0.388. The summed E-state index contributed by atoms with van der Waals surface area (Å²) in [4.78, 5) is 50.0. The number of carbonyl (C=O) groups excluding carboxylic acids is 3. The van der Waals surface area contributed by atoms with Crippen LogP contribution in [0.2, 0.25) is 0 Å². The molecule has 1 amide bonds. The zero-order valence-corrected chi connectivity index (χ0v) is 19.9. The van der Waals surface area contributed by atoms with Crippen LogP contribution in [0.5, 0.6) is 0 Å². The number of alkyl halides is 3. The Bertz CT molecular complexity index is 1470. The second-order valence-electron chi connectivity index (χ2n) is 8.38. The van der Waals surface area contributed by atoms with E-state index in [1.54, 1.807) is 60.7 Å². The van der Waals surface area contributed by atoms with Gasteiger partial charge in [-0.05, 0) is 29.3 Å². The van der Waals surface area contributed by atoms with Crippen molar-refractivity contribution in [3.8, 4) is 0 Å². The van der Waals surface area contributed by atoms with Crippen molar-refractivity contribution >= 4 is 29.4 Å². The molecule has 0 bridgehead atoms. The zero-order chi connectivity index (χ0) is 28.2. The Morgan fingerprint density at radius 2 is 1.62 bits per heavy atom. The van der Waals surface area contributed by atoms with Crippen LogP contribution in [-0.2, 0) is 20.5 Å². The minimum atomic E-state index is -5.12. The molecule has 3 aromatic carbocycles. The SMILES string of the molecule is O=C(O[C@H]1C(=O)C=CN(C(=O)/C=C/c2ccccc2)[C@@H]1c1ccccc1)c1ccc([N+](=O)[O-])c(C(F)(F)F)c1. The molecule has 3 aromatic rings. The Labute approximate surface area is 219 Å². The minimum absolute atomic E-state index is 0.298. The second kappa shape index (κ2) is 11.1. The van der Waals surface area contributed by atoms with E-state index in [-0.39, 0.29) is 0 Å². The first-order valence-corrected chi connectivity index (χ1v) is 11.5. The van der Waals surface area contributed by atoms with E-state index < -0.39 is 57.7 Å². The van der Waals surface area contributed by atoms with Crippen LogP contribution < -0.4 is 0 Å². The average molecular weight is 536 g/mol. The fourth-order valence-corrected chi connectivity index (χ4v) is 4.01. The van der Waals surface area contributed by atoms with Gasteiger partial charge in [-0.3, -0.25) is 19.7 Å². The number of rotatable bonds is 6. The first kappa shape index (κ1) is 27.0. The highest BCUT2D eigenvalue weighted by atomic mass is 19.4. The molecule has 11 heteroatoms. The molecule has 8 nitrogen and oxygen atoms in total. The molecule has 0 saturated heterocycles. The molecule has 1 aliphatic rings. The largest absolute Gasteiger partial charge is 0.448 e. The zero-order valence-electron chi connectivity index (χ0n) is 19.9. The van der Waals surface area contributed by atoms with Crippen LogP contribution in [0, 0.1) is 10.1 Å². The summed E-state index contributed by atoms with van der Waals surface area (Å²) in [6.07, 6.45) is -1.62. The third-order valence-corrected chi connectivity index (χ3v) is 5.85. The van der Waals surface area contributed by atoms with Crippen LogP contribution in [0.1, 0.15) is 33.1 Å². The molecule has 0 saturated carbocycles. The molecule has 0 aromatic heterocycles. The highest BCUT2D eigenvalue weighted by Gasteiger charge is 2.42. The van der Waals surface area contributed by atoms with Crippen LogP contribution in [0.3, 0.4) is 0 Å². The fourth-order valence-electron chi connectivity index (χ4n) is 4.01. The van der Waals surface area contributed by atoms with Crippen molar-refractivity contribution in [2.45, 2.75) is 18.3 Å². The van der Waals surface area contributed by atoms with Crippen LogP contribution >= 0.6 is 0 Å². The molecular formula is C28H19F3N2O6. The number of halogens is 3. The van der Waals surface area contributed by atoms with Gasteiger partial charge >= 0.3 is 12.1 Å². The van der Waals surface area contributed by atoms with Gasteiger partial charge in [0.2, 0.25) is 0 Å². The van der Waals surface area contributed by atoms with Gasteiger partial charge in [-0.25, -0.2) is 4.79 Å². The van der Waals surface area contributed by atoms with E-state index in [1.807, 2.05) is 6.07 Å². The van der Waals surface area contributed by atoms with Crippen LogP contribution in [0.15, 0.2) is 97.2 Å². The van der Waals surface area contributed by atoms with Crippen molar-refractivity contribution in [2.75, 3.05) is 0 Å². The summed E-state index contributed by atoms with van der Waals surface area (Å²) < 4.78 is 45.6. The Morgan fingerprint density at radius 1 is 0.974 bits per heavy atom. The summed E-state index contributed by atoms with van der Waals surface area (Å²) in [5, 5.41) is 11.0. The quantitative estimate of drug-likeness (QED) is 0.178. The summed E-state index contributed by atoms with van der Waals surface area (Å²) in [6.45, 7) is 0. The summed E-state index contributed by atoms with van der Waals surface area (Å²) in [5.41, 5.74) is -2.36. The van der Waals surface area contributed by atoms with Gasteiger partial charge in [0, 0.05) is 24.4 Å². The summed E-state index contributed by atoms with van der Waals surface area (Å²) in [7, 11) is 0. The number of nitro groups is 1. The van der Waals surface area contributed by atoms with Gasteiger partial charge < -0.3 is 9.64 Å². The number of esters is 1. The van der Waals surface area contributed by atoms with Gasteiger partial charge in [0.25, 0.3) is 11.6 Å². The van der Waals surface area contributed by atoms with Gasteiger partial charge in [0.1, 0.15) is 11.6 Å². The molecule has 1 aliphatic heterocycles. The normalized spacial score (nSPS) is 17.3. The third-order valence-electron chi connectivity index (χ3n) is 5.85. The van der Waals surface area contributed by atoms with Gasteiger partial charge in [-0.2, -0.15) is 13.2 Å². The Kier molecular flexibility index (Phi) is 7.70. The van der Waals surface area contributed by atoms with E-state index >= 15 is 0 Å². The predicted octanol–water partition coefficient (Wildman–Crippen LogP) is 5.52. The maximum absolute atomic E-state index is 13.4. The Morgan fingerprint density at radius 3 is 2.23 bits per heavy atom. The van der Waals surface area contributed by atoms with Crippen LogP contribution in [-0.4, -0.2) is 33.6 Å². The second-order valence-corrected chi connectivity index (χ2v) is 8.38. The molecule has 0 fully saturated rings. The van der Waals surface area contributed by atoms with E-state index in [0.29, 0.717) is 17.7 Å². The van der Waals surface area contributed by atoms with E-state index in [1.165, 1.54) is 17.2 Å². The number of nitrogens with zero attached hydrogens (tertiary/aromatic N) is 2. The van der Waals surface area contributed by atoms with Crippen molar-refractivity contribution in [3.63, 3.8) is 0 Å². The molecule has 0 aliphatic carbocycles. The lowest BCUT2D eigenvalue weighted by Gasteiger charge is -2.36. The first-order valence-electron chi connectivity index (χ1n) is 11.5. The van der Waals surface area contributed by atoms with Gasteiger partial charge in [0.15, 0.2) is 11.9 Å². The molecule has 0 radical (unpaired) electrons. The standard InChI is InChI=1S/C28H19F3N2O6/c29-28(30,31)21-17-20(12-13-22(21)33(37)38)27(36)39-26-23(34)15-16-32(25(26)19-9-5-2-6-10-19)24(35)14-11-18-7-3-1-4-8-18/h1-17,25-26H/b14-11+/t25-,26+/m1/s1. The fraction of sp³-hybridized carbons (Fsp3) is 0.107. The number of ketones is 1. The van der Waals surface area contributed by atoms with Gasteiger partial charge in [-0.15, -0.1) is 0 Å². The molecule has 1 heterocycles. The maximum atomic E-state index is 13.4. The Balaban J connectivity index is 1.68. The molecule has 2 atom stereocenters. The molecule has 0 N–H and O–H groups in total. The van der Waals surface area contributed by atoms with E-state index in [0.717, 1.165) is 17.7 Å². The van der Waals surface area contributed by atoms with E-state index in [2.05, 4.69) is 0 Å². The summed E-state index contributed by atoms with van der Waals surface area (Å²) in [5.74, 6) is -2.57. The average Bonchev–Trinajstić information content (AvgIpc) is 2.92. The maximum Gasteiger partial charge on any atom is 0.423 e. The number of hydrogen-bond acceptors (Lipinski definition) is 6. The monoisotopic (exact) mass is 536 g/mol. The van der Waals surface area contributed by atoms with E-state index in [9.17, 15) is 37.7 Å². The molecule has 4 rings (SSSR count). The van der Waals surface area contributed by atoms with Gasteiger partial charge in [0.05, 0.1) is 10.5 Å². The lowest BCUT2D eigenvalue weighted by Crippen LogP contribution is -2.45. The minimum Gasteiger partial charge on any atom is -0.448 e. The van der Waals surface area contributed by atoms with Gasteiger partial charge in [-0.1, -0.05) is 60.7 Å².